The zero-order chi connectivity index (χ0) is 44.1. The summed E-state index contributed by atoms with van der Waals surface area (Å²) in [6, 6.07) is 29.4. The van der Waals surface area contributed by atoms with Crippen molar-refractivity contribution in [1.82, 2.24) is 9.78 Å². The molecule has 0 saturated carbocycles. The van der Waals surface area contributed by atoms with E-state index in [4.69, 9.17) is 14.7 Å². The zero-order valence-electron chi connectivity index (χ0n) is 32.0. The van der Waals surface area contributed by atoms with Crippen molar-refractivity contribution in [3.05, 3.63) is 159 Å². The molecule has 2 aliphatic heterocycles. The number of carbonyl (C=O) groups is 4. The number of aromatic nitrogens is 2. The summed E-state index contributed by atoms with van der Waals surface area (Å²) in [5.74, 6) is 3.79. The SMILES string of the molecule is NNc1ccc(-c2c3ccc(=O)cc-3oc3cc(O)ccc23)c(C(=O)O)c1.O=C(O)c1cc(-n2cccn2)ccc1-c1c2ccc(=O)cc-2oc2cc(O)ccc12.O=CCC=O. The highest BCUT2D eigenvalue weighted by atomic mass is 16.4. The molecule has 4 aromatic carbocycles. The van der Waals surface area contributed by atoms with E-state index in [1.54, 1.807) is 77.7 Å². The van der Waals surface area contributed by atoms with Crippen molar-refractivity contribution in [2.24, 2.45) is 5.84 Å². The average Bonchev–Trinajstić information content (AvgIpc) is 3.80. The lowest BCUT2D eigenvalue weighted by atomic mass is 9.90. The van der Waals surface area contributed by atoms with Gasteiger partial charge in [0.2, 0.25) is 0 Å². The van der Waals surface area contributed by atoms with Gasteiger partial charge >= 0.3 is 11.9 Å². The topological polar surface area (TPSA) is 265 Å². The molecule has 5 aromatic rings. The van der Waals surface area contributed by atoms with Crippen molar-refractivity contribution in [3.63, 3.8) is 0 Å². The number of phenols is 2. The van der Waals surface area contributed by atoms with Crippen molar-refractivity contribution in [2.75, 3.05) is 5.43 Å². The Kier molecular flexibility index (Phi) is 11.7. The number of aromatic hydroxyl groups is 2. The van der Waals surface area contributed by atoms with Gasteiger partial charge in [0.25, 0.3) is 0 Å². The van der Waals surface area contributed by atoms with Gasteiger partial charge in [0.05, 0.1) is 23.2 Å². The Bertz CT molecular complexity index is 3220. The maximum Gasteiger partial charge on any atom is 0.336 e. The van der Waals surface area contributed by atoms with Crippen LogP contribution in [0.25, 0.3) is 72.5 Å². The number of nitrogens with one attached hydrogen (secondary N) is 1. The number of nitrogen functional groups attached to an aromatic ring is 1. The summed E-state index contributed by atoms with van der Waals surface area (Å²) in [7, 11) is 0. The van der Waals surface area contributed by atoms with Gasteiger partial charge in [0.15, 0.2) is 10.9 Å². The van der Waals surface area contributed by atoms with Crippen molar-refractivity contribution in [1.29, 1.82) is 0 Å². The number of phenolic OH excluding ortho intramolecular Hbond substituents is 2. The van der Waals surface area contributed by atoms with Gasteiger partial charge in [0, 0.05) is 75.4 Å². The summed E-state index contributed by atoms with van der Waals surface area (Å²) in [6.07, 6.45) is 4.49. The second-order valence-corrected chi connectivity index (χ2v) is 13.4. The number of benzene rings is 6. The lowest BCUT2D eigenvalue weighted by molar-refractivity contribution is -0.114. The number of nitrogens with zero attached hydrogens (tertiary/aromatic N) is 2. The van der Waals surface area contributed by atoms with Gasteiger partial charge in [-0.2, -0.15) is 5.10 Å². The first-order chi connectivity index (χ1) is 29.9. The van der Waals surface area contributed by atoms with E-state index in [9.17, 15) is 49.2 Å². The maximum absolute atomic E-state index is 12.2. The van der Waals surface area contributed by atoms with Crippen molar-refractivity contribution < 1.29 is 48.4 Å². The van der Waals surface area contributed by atoms with Gasteiger partial charge < -0.3 is 44.3 Å². The number of hydrogen-bond acceptors (Lipinski definition) is 13. The third-order valence-corrected chi connectivity index (χ3v) is 9.50. The molecule has 0 spiro atoms. The summed E-state index contributed by atoms with van der Waals surface area (Å²) in [5, 5.41) is 44.7. The molecule has 308 valence electrons. The fourth-order valence-electron chi connectivity index (χ4n) is 6.86. The smallest absolute Gasteiger partial charge is 0.336 e. The van der Waals surface area contributed by atoms with Crippen LogP contribution >= 0.6 is 0 Å². The predicted octanol–water partition coefficient (Wildman–Crippen LogP) is 7.18. The number of rotatable bonds is 8. The number of hydrazine groups is 1. The Morgan fingerprint density at radius 1 is 0.645 bits per heavy atom. The average molecular weight is 833 g/mol. The van der Waals surface area contributed by atoms with Crippen LogP contribution in [-0.2, 0) is 9.59 Å². The van der Waals surface area contributed by atoms with E-state index in [2.05, 4.69) is 10.5 Å². The summed E-state index contributed by atoms with van der Waals surface area (Å²) >= 11 is 0. The molecule has 0 fully saturated rings. The van der Waals surface area contributed by atoms with Crippen LogP contribution in [-0.4, -0.2) is 54.7 Å². The molecule has 3 heterocycles. The molecular formula is C46H32N4O12. The summed E-state index contributed by atoms with van der Waals surface area (Å²) < 4.78 is 13.2. The van der Waals surface area contributed by atoms with Crippen LogP contribution in [0.5, 0.6) is 11.5 Å². The van der Waals surface area contributed by atoms with Crippen molar-refractivity contribution >= 4 is 52.1 Å². The molecule has 4 aliphatic rings. The van der Waals surface area contributed by atoms with Crippen LogP contribution in [0.15, 0.2) is 146 Å². The first-order valence-corrected chi connectivity index (χ1v) is 18.4. The second kappa shape index (κ2) is 17.5. The molecule has 9 rings (SSSR count). The van der Waals surface area contributed by atoms with Crippen LogP contribution < -0.4 is 22.1 Å². The van der Waals surface area contributed by atoms with E-state index in [0.717, 1.165) is 0 Å². The lowest BCUT2D eigenvalue weighted by Gasteiger charge is -2.17. The van der Waals surface area contributed by atoms with Crippen LogP contribution in [0, 0.1) is 0 Å². The Hall–Kier alpha value is -8.89. The molecule has 16 nitrogen and oxygen atoms in total. The molecule has 0 bridgehead atoms. The molecule has 0 unspecified atom stereocenters. The van der Waals surface area contributed by atoms with Gasteiger partial charge in [0.1, 0.15) is 46.8 Å². The number of carboxylic acid groups (broad SMARTS) is 2. The fourth-order valence-corrected chi connectivity index (χ4v) is 6.86. The normalized spacial score (nSPS) is 10.7. The van der Waals surface area contributed by atoms with E-state index in [0.29, 0.717) is 90.8 Å². The minimum Gasteiger partial charge on any atom is -0.508 e. The standard InChI is InChI=1S/C23H14N2O5.C20H14N2O5.C3H4O2/c26-14-3-6-17-20(11-14)30-21-12-15(27)4-7-18(21)22(17)16-5-2-13(10-19(16)23(28)29)25-9-1-8-24-25;21-22-10-1-4-13(16(7-10)20(25)26)19-14-5-2-11(23)8-17(14)27-18-9-12(24)3-6-15(18)19;4-2-1-3-5/h1-12,26H,(H,28,29);1-9,22-23H,21H2,(H,25,26);2-3H,1H2. The Morgan fingerprint density at radius 2 is 1.15 bits per heavy atom. The van der Waals surface area contributed by atoms with Crippen LogP contribution in [0.4, 0.5) is 5.69 Å². The number of aldehydes is 2. The molecule has 0 radical (unpaired) electrons. The third kappa shape index (κ3) is 8.33. The van der Waals surface area contributed by atoms with E-state index in [-0.39, 0.29) is 39.9 Å². The van der Waals surface area contributed by atoms with Crippen LogP contribution in [0.2, 0.25) is 0 Å². The molecular weight excluding hydrogens is 801 g/mol. The largest absolute Gasteiger partial charge is 0.508 e. The highest BCUT2D eigenvalue weighted by Gasteiger charge is 2.24. The number of anilines is 1. The first kappa shape index (κ1) is 41.3. The Balaban J connectivity index is 0.000000169. The van der Waals surface area contributed by atoms with Gasteiger partial charge in [-0.15, -0.1) is 0 Å². The van der Waals surface area contributed by atoms with E-state index in [1.807, 2.05) is 0 Å². The highest BCUT2D eigenvalue weighted by Crippen LogP contribution is 2.44. The molecule has 0 saturated heterocycles. The predicted molar refractivity (Wildman–Crippen MR) is 228 cm³/mol. The molecule has 62 heavy (non-hydrogen) atoms. The quantitative estimate of drug-likeness (QED) is 0.0291. The Morgan fingerprint density at radius 3 is 1.60 bits per heavy atom. The molecule has 2 aliphatic carbocycles. The first-order valence-electron chi connectivity index (χ1n) is 18.4. The van der Waals surface area contributed by atoms with E-state index >= 15 is 0 Å². The summed E-state index contributed by atoms with van der Waals surface area (Å²) in [6.45, 7) is 0. The number of carbonyl (C=O) groups excluding carboxylic acids is 2. The summed E-state index contributed by atoms with van der Waals surface area (Å²) in [5.41, 5.74) is 7.11. The number of aromatic carboxylic acids is 2. The minimum atomic E-state index is -1.12. The lowest BCUT2D eigenvalue weighted by Crippen LogP contribution is -2.09. The number of nitrogens with two attached hydrogens (primary N) is 1. The third-order valence-electron chi connectivity index (χ3n) is 9.50. The second-order valence-electron chi connectivity index (χ2n) is 13.4. The van der Waals surface area contributed by atoms with Crippen LogP contribution in [0.3, 0.4) is 0 Å². The van der Waals surface area contributed by atoms with Gasteiger partial charge in [-0.3, -0.25) is 15.4 Å². The zero-order valence-corrected chi connectivity index (χ0v) is 32.0. The monoisotopic (exact) mass is 832 g/mol. The van der Waals surface area contributed by atoms with E-state index < -0.39 is 11.9 Å². The van der Waals surface area contributed by atoms with E-state index in [1.165, 1.54) is 54.6 Å². The fraction of sp³-hybridized carbons (Fsp3) is 0.0217. The number of carboxylic acids is 2. The molecule has 16 heteroatoms. The maximum atomic E-state index is 12.2. The highest BCUT2D eigenvalue weighted by molar-refractivity contribution is 6.09. The minimum absolute atomic E-state index is 0.00214. The molecule has 1 aromatic heterocycles. The van der Waals surface area contributed by atoms with Crippen LogP contribution in [0.1, 0.15) is 27.1 Å². The van der Waals surface area contributed by atoms with Gasteiger partial charge in [-0.25, -0.2) is 14.3 Å². The van der Waals surface area contributed by atoms with Crippen molar-refractivity contribution in [2.45, 2.75) is 6.42 Å². The van der Waals surface area contributed by atoms with Gasteiger partial charge in [-0.05, 0) is 90.0 Å². The Labute approximate surface area is 348 Å². The number of hydrogen-bond donors (Lipinski definition) is 6. The molecule has 0 amide bonds. The van der Waals surface area contributed by atoms with Crippen molar-refractivity contribution in [3.8, 4) is 62.1 Å². The van der Waals surface area contributed by atoms with Gasteiger partial charge in [-0.1, -0.05) is 12.1 Å². The molecule has 0 atom stereocenters. The summed E-state index contributed by atoms with van der Waals surface area (Å²) in [4.78, 5) is 66.0. The molecule has 7 N–H and O–H groups in total. The number of fused-ring (bicyclic) bond motifs is 4.